The standard InChI is InChI=1S/C14H18ClFN4/c1-19(2)7-8-20-14(11(15)9-18-20)13(17)10-5-3-4-6-12(10)16/h3-6,9,13H,7-8,17H2,1-2H3. The largest absolute Gasteiger partial charge is 0.319 e. The minimum atomic E-state index is -0.631. The Balaban J connectivity index is 2.32. The molecule has 108 valence electrons. The van der Waals surface area contributed by atoms with Crippen molar-refractivity contribution in [3.05, 3.63) is 52.6 Å². The maximum atomic E-state index is 13.8. The molecule has 6 heteroatoms. The molecule has 0 saturated heterocycles. The summed E-state index contributed by atoms with van der Waals surface area (Å²) >= 11 is 6.16. The van der Waals surface area contributed by atoms with Crippen molar-refractivity contribution >= 4 is 11.6 Å². The molecular weight excluding hydrogens is 279 g/mol. The normalized spacial score (nSPS) is 12.9. The number of benzene rings is 1. The van der Waals surface area contributed by atoms with Gasteiger partial charge in [-0.2, -0.15) is 5.10 Å². The number of hydrogen-bond acceptors (Lipinski definition) is 3. The quantitative estimate of drug-likeness (QED) is 0.921. The van der Waals surface area contributed by atoms with E-state index in [1.165, 1.54) is 6.07 Å². The van der Waals surface area contributed by atoms with E-state index in [0.717, 1.165) is 6.54 Å². The summed E-state index contributed by atoms with van der Waals surface area (Å²) in [5.74, 6) is -0.337. The van der Waals surface area contributed by atoms with Crippen LogP contribution in [0.4, 0.5) is 4.39 Å². The Kier molecular flexibility index (Phi) is 4.75. The predicted molar refractivity (Wildman–Crippen MR) is 78.2 cm³/mol. The lowest BCUT2D eigenvalue weighted by atomic mass is 10.0. The van der Waals surface area contributed by atoms with Gasteiger partial charge in [0.25, 0.3) is 0 Å². The van der Waals surface area contributed by atoms with Crippen molar-refractivity contribution in [2.45, 2.75) is 12.6 Å². The number of nitrogens with two attached hydrogens (primary N) is 1. The van der Waals surface area contributed by atoms with Crippen molar-refractivity contribution in [1.29, 1.82) is 0 Å². The Labute approximate surface area is 122 Å². The Morgan fingerprint density at radius 3 is 2.75 bits per heavy atom. The summed E-state index contributed by atoms with van der Waals surface area (Å²) in [6.07, 6.45) is 1.55. The number of nitrogens with zero attached hydrogens (tertiary/aromatic N) is 3. The average Bonchev–Trinajstić information content (AvgIpc) is 2.77. The first kappa shape index (κ1) is 15.0. The topological polar surface area (TPSA) is 47.1 Å². The predicted octanol–water partition coefficient (Wildman–Crippen LogP) is 2.29. The van der Waals surface area contributed by atoms with E-state index >= 15 is 0 Å². The zero-order valence-corrected chi connectivity index (χ0v) is 12.3. The third kappa shape index (κ3) is 3.17. The SMILES string of the molecule is CN(C)CCn1ncc(Cl)c1C(N)c1ccccc1F. The van der Waals surface area contributed by atoms with Gasteiger partial charge in [0.2, 0.25) is 0 Å². The van der Waals surface area contributed by atoms with Crippen LogP contribution in [0.25, 0.3) is 0 Å². The number of rotatable bonds is 5. The smallest absolute Gasteiger partial charge is 0.128 e. The summed E-state index contributed by atoms with van der Waals surface area (Å²) in [7, 11) is 3.95. The van der Waals surface area contributed by atoms with Gasteiger partial charge < -0.3 is 10.6 Å². The summed E-state index contributed by atoms with van der Waals surface area (Å²) in [5, 5.41) is 4.68. The van der Waals surface area contributed by atoms with E-state index in [1.54, 1.807) is 29.1 Å². The van der Waals surface area contributed by atoms with Gasteiger partial charge in [0.15, 0.2) is 0 Å². The van der Waals surface area contributed by atoms with Crippen molar-refractivity contribution in [1.82, 2.24) is 14.7 Å². The number of halogens is 2. The van der Waals surface area contributed by atoms with Crippen LogP contribution in [0, 0.1) is 5.82 Å². The van der Waals surface area contributed by atoms with Crippen molar-refractivity contribution in [2.24, 2.45) is 5.73 Å². The van der Waals surface area contributed by atoms with Gasteiger partial charge in [-0.3, -0.25) is 4.68 Å². The molecule has 2 N–H and O–H groups in total. The van der Waals surface area contributed by atoms with Crippen LogP contribution in [0.3, 0.4) is 0 Å². The molecule has 0 aliphatic heterocycles. The molecule has 2 rings (SSSR count). The van der Waals surface area contributed by atoms with E-state index in [-0.39, 0.29) is 5.82 Å². The van der Waals surface area contributed by atoms with Crippen molar-refractivity contribution in [3.8, 4) is 0 Å². The van der Waals surface area contributed by atoms with Gasteiger partial charge in [-0.15, -0.1) is 0 Å². The highest BCUT2D eigenvalue weighted by Gasteiger charge is 2.21. The van der Waals surface area contributed by atoms with Crippen LogP contribution >= 0.6 is 11.6 Å². The molecule has 20 heavy (non-hydrogen) atoms. The van der Waals surface area contributed by atoms with Gasteiger partial charge in [-0.05, 0) is 20.2 Å². The maximum Gasteiger partial charge on any atom is 0.128 e. The monoisotopic (exact) mass is 296 g/mol. The third-order valence-electron chi connectivity index (χ3n) is 3.13. The second kappa shape index (κ2) is 6.35. The molecule has 1 aromatic heterocycles. The summed E-state index contributed by atoms with van der Waals surface area (Å²) in [6.45, 7) is 1.45. The molecule has 1 heterocycles. The molecule has 1 aromatic carbocycles. The van der Waals surface area contributed by atoms with E-state index in [2.05, 4.69) is 5.10 Å². The van der Waals surface area contributed by atoms with Gasteiger partial charge >= 0.3 is 0 Å². The first-order valence-electron chi connectivity index (χ1n) is 6.36. The fraction of sp³-hybridized carbons (Fsp3) is 0.357. The Hall–Kier alpha value is -1.43. The molecule has 0 spiro atoms. The van der Waals surface area contributed by atoms with Crippen LogP contribution in [0.2, 0.25) is 5.02 Å². The third-order valence-corrected chi connectivity index (χ3v) is 3.42. The van der Waals surface area contributed by atoms with Gasteiger partial charge in [0, 0.05) is 12.1 Å². The molecule has 0 saturated carbocycles. The van der Waals surface area contributed by atoms with Gasteiger partial charge in [-0.25, -0.2) is 4.39 Å². The minimum Gasteiger partial charge on any atom is -0.319 e. The molecule has 0 aliphatic rings. The lowest BCUT2D eigenvalue weighted by Gasteiger charge is -2.17. The van der Waals surface area contributed by atoms with Crippen LogP contribution in [0.15, 0.2) is 30.5 Å². The molecule has 4 nitrogen and oxygen atoms in total. The van der Waals surface area contributed by atoms with Crippen molar-refractivity contribution in [3.63, 3.8) is 0 Å². The number of likely N-dealkylation sites (N-methyl/N-ethyl adjacent to an activating group) is 1. The fourth-order valence-corrected chi connectivity index (χ4v) is 2.29. The molecule has 0 amide bonds. The highest BCUT2D eigenvalue weighted by molar-refractivity contribution is 6.31. The van der Waals surface area contributed by atoms with E-state index in [0.29, 0.717) is 22.8 Å². The van der Waals surface area contributed by atoms with E-state index in [4.69, 9.17) is 17.3 Å². The van der Waals surface area contributed by atoms with Crippen molar-refractivity contribution < 1.29 is 4.39 Å². The minimum absolute atomic E-state index is 0.337. The van der Waals surface area contributed by atoms with Crippen LogP contribution in [-0.4, -0.2) is 35.3 Å². The first-order chi connectivity index (χ1) is 9.50. The fourth-order valence-electron chi connectivity index (χ4n) is 2.03. The Morgan fingerprint density at radius 1 is 1.40 bits per heavy atom. The Morgan fingerprint density at radius 2 is 2.10 bits per heavy atom. The van der Waals surface area contributed by atoms with Crippen LogP contribution < -0.4 is 5.73 Å². The molecule has 1 atom stereocenters. The second-order valence-electron chi connectivity index (χ2n) is 4.90. The second-order valence-corrected chi connectivity index (χ2v) is 5.31. The number of aromatic nitrogens is 2. The summed E-state index contributed by atoms with van der Waals surface area (Å²) in [6, 6.07) is 5.82. The van der Waals surface area contributed by atoms with Gasteiger partial charge in [-0.1, -0.05) is 29.8 Å². The van der Waals surface area contributed by atoms with Gasteiger partial charge in [0.05, 0.1) is 29.5 Å². The molecular formula is C14H18ClFN4. The molecule has 0 fully saturated rings. The van der Waals surface area contributed by atoms with Crippen LogP contribution in [0.5, 0.6) is 0 Å². The number of hydrogen-bond donors (Lipinski definition) is 1. The summed E-state index contributed by atoms with van der Waals surface area (Å²) in [4.78, 5) is 2.04. The summed E-state index contributed by atoms with van der Waals surface area (Å²) in [5.41, 5.74) is 7.23. The first-order valence-corrected chi connectivity index (χ1v) is 6.74. The molecule has 1 unspecified atom stereocenters. The Bertz CT molecular complexity index is 582. The zero-order chi connectivity index (χ0) is 14.7. The highest BCUT2D eigenvalue weighted by Crippen LogP contribution is 2.27. The van der Waals surface area contributed by atoms with Crippen LogP contribution in [-0.2, 0) is 6.54 Å². The van der Waals surface area contributed by atoms with Crippen molar-refractivity contribution in [2.75, 3.05) is 20.6 Å². The van der Waals surface area contributed by atoms with E-state index in [1.807, 2.05) is 19.0 Å². The van der Waals surface area contributed by atoms with Gasteiger partial charge in [0.1, 0.15) is 5.82 Å². The molecule has 0 aliphatic carbocycles. The maximum absolute atomic E-state index is 13.8. The zero-order valence-electron chi connectivity index (χ0n) is 11.6. The van der Waals surface area contributed by atoms with E-state index in [9.17, 15) is 4.39 Å². The summed E-state index contributed by atoms with van der Waals surface area (Å²) < 4.78 is 15.6. The molecule has 0 radical (unpaired) electrons. The molecule has 2 aromatic rings. The van der Waals surface area contributed by atoms with E-state index < -0.39 is 6.04 Å². The van der Waals surface area contributed by atoms with Crippen LogP contribution in [0.1, 0.15) is 17.3 Å². The highest BCUT2D eigenvalue weighted by atomic mass is 35.5. The lowest BCUT2D eigenvalue weighted by Crippen LogP contribution is -2.24. The average molecular weight is 297 g/mol. The lowest BCUT2D eigenvalue weighted by molar-refractivity contribution is 0.367. The molecule has 0 bridgehead atoms.